The van der Waals surface area contributed by atoms with Gasteiger partial charge in [-0.05, 0) is 25.7 Å². The van der Waals surface area contributed by atoms with Crippen molar-refractivity contribution in [3.05, 3.63) is 5.82 Å². The maximum atomic E-state index is 5.92. The van der Waals surface area contributed by atoms with Crippen LogP contribution in [0.4, 0.5) is 5.13 Å². The molecule has 1 aromatic rings. The first-order valence-corrected chi connectivity index (χ1v) is 7.85. The monoisotopic (exact) mass is 271 g/mol. The molecule has 0 atom stereocenters. The van der Waals surface area contributed by atoms with Crippen LogP contribution in [0.3, 0.4) is 0 Å². The summed E-state index contributed by atoms with van der Waals surface area (Å²) in [5.74, 6) is 2.40. The van der Waals surface area contributed by atoms with Crippen LogP contribution in [0.15, 0.2) is 0 Å². The second-order valence-electron chi connectivity index (χ2n) is 5.03. The molecule has 2 aliphatic carbocycles. The summed E-state index contributed by atoms with van der Waals surface area (Å²) in [4.78, 5) is 7.10. The van der Waals surface area contributed by atoms with E-state index in [2.05, 4.69) is 9.27 Å². The first-order chi connectivity index (χ1) is 8.38. The van der Waals surface area contributed by atoms with Gasteiger partial charge in [0, 0.05) is 35.9 Å². The molecular weight excluding hydrogens is 254 g/mol. The summed E-state index contributed by atoms with van der Waals surface area (Å²) in [6.45, 7) is 0.908. The Labute approximate surface area is 111 Å². The quantitative estimate of drug-likeness (QED) is 0.769. The molecule has 0 aliphatic heterocycles. The number of hydrogen-bond acceptors (Lipinski definition) is 4. The van der Waals surface area contributed by atoms with Crippen molar-refractivity contribution in [2.75, 3.05) is 17.3 Å². The van der Waals surface area contributed by atoms with Gasteiger partial charge in [-0.2, -0.15) is 4.37 Å². The molecule has 0 amide bonds. The van der Waals surface area contributed by atoms with Crippen LogP contribution in [-0.4, -0.2) is 27.8 Å². The zero-order valence-electron chi connectivity index (χ0n) is 9.94. The molecule has 2 aliphatic rings. The molecule has 0 aromatic carbocycles. The Morgan fingerprint density at radius 2 is 2.00 bits per heavy atom. The number of alkyl halides is 1. The van der Waals surface area contributed by atoms with E-state index in [1.165, 1.54) is 38.5 Å². The molecule has 2 fully saturated rings. The van der Waals surface area contributed by atoms with Gasteiger partial charge in [0.05, 0.1) is 0 Å². The normalized spacial score (nSPS) is 21.0. The first kappa shape index (κ1) is 11.7. The third-order valence-electron chi connectivity index (χ3n) is 3.71. The Morgan fingerprint density at radius 1 is 1.24 bits per heavy atom. The molecule has 2 saturated carbocycles. The topological polar surface area (TPSA) is 29.0 Å². The minimum absolute atomic E-state index is 0.647. The van der Waals surface area contributed by atoms with E-state index in [1.807, 2.05) is 0 Å². The van der Waals surface area contributed by atoms with Crippen molar-refractivity contribution >= 4 is 28.3 Å². The van der Waals surface area contributed by atoms with Crippen molar-refractivity contribution in [3.8, 4) is 0 Å². The number of anilines is 1. The Bertz CT molecular complexity index is 372. The highest BCUT2D eigenvalue weighted by Gasteiger charge is 2.30. The van der Waals surface area contributed by atoms with E-state index in [0.717, 1.165) is 17.5 Å². The van der Waals surface area contributed by atoms with Gasteiger partial charge in [-0.3, -0.25) is 0 Å². The number of hydrogen-bond donors (Lipinski definition) is 0. The number of aromatic nitrogens is 2. The van der Waals surface area contributed by atoms with Crippen LogP contribution in [0.5, 0.6) is 0 Å². The van der Waals surface area contributed by atoms with E-state index in [-0.39, 0.29) is 0 Å². The van der Waals surface area contributed by atoms with Crippen LogP contribution in [0.25, 0.3) is 0 Å². The van der Waals surface area contributed by atoms with Crippen molar-refractivity contribution in [2.24, 2.45) is 0 Å². The minimum atomic E-state index is 0.647. The molecule has 0 bridgehead atoms. The van der Waals surface area contributed by atoms with Gasteiger partial charge in [-0.25, -0.2) is 4.98 Å². The van der Waals surface area contributed by atoms with Crippen molar-refractivity contribution in [3.63, 3.8) is 0 Å². The summed E-state index contributed by atoms with van der Waals surface area (Å²) in [5, 5.41) is 1.10. The molecule has 1 aromatic heterocycles. The third-order valence-corrected chi connectivity index (χ3v) is 4.65. The fourth-order valence-corrected chi connectivity index (χ4v) is 3.62. The molecule has 3 nitrogen and oxygen atoms in total. The van der Waals surface area contributed by atoms with Gasteiger partial charge >= 0.3 is 0 Å². The van der Waals surface area contributed by atoms with Gasteiger partial charge < -0.3 is 4.90 Å². The van der Waals surface area contributed by atoms with Gasteiger partial charge in [-0.15, -0.1) is 11.6 Å². The van der Waals surface area contributed by atoms with Crippen LogP contribution in [-0.2, 0) is 0 Å². The molecule has 0 saturated heterocycles. The largest absolute Gasteiger partial charge is 0.343 e. The second kappa shape index (κ2) is 5.11. The zero-order valence-corrected chi connectivity index (χ0v) is 11.5. The number of halogens is 1. The smallest absolute Gasteiger partial charge is 0.205 e. The van der Waals surface area contributed by atoms with E-state index in [0.29, 0.717) is 17.8 Å². The third kappa shape index (κ3) is 2.58. The Balaban J connectivity index is 1.75. The summed E-state index contributed by atoms with van der Waals surface area (Å²) in [5.41, 5.74) is 0. The lowest BCUT2D eigenvalue weighted by Gasteiger charge is -2.27. The fraction of sp³-hybridized carbons (Fsp3) is 0.833. The predicted molar refractivity (Wildman–Crippen MR) is 72.2 cm³/mol. The van der Waals surface area contributed by atoms with E-state index in [1.54, 1.807) is 11.5 Å². The highest BCUT2D eigenvalue weighted by molar-refractivity contribution is 7.09. The Kier molecular flexibility index (Phi) is 3.52. The van der Waals surface area contributed by atoms with Crippen molar-refractivity contribution in [1.82, 2.24) is 9.36 Å². The van der Waals surface area contributed by atoms with Crippen LogP contribution in [0, 0.1) is 0 Å². The van der Waals surface area contributed by atoms with Gasteiger partial charge in [0.15, 0.2) is 0 Å². The van der Waals surface area contributed by atoms with Gasteiger partial charge in [0.1, 0.15) is 5.82 Å². The molecule has 3 rings (SSSR count). The zero-order chi connectivity index (χ0) is 11.7. The molecule has 94 valence electrons. The van der Waals surface area contributed by atoms with Crippen LogP contribution >= 0.6 is 23.1 Å². The summed E-state index contributed by atoms with van der Waals surface area (Å²) < 4.78 is 4.50. The SMILES string of the molecule is ClCCN(c1nc(C2CC2)ns1)C1CCCC1. The molecule has 5 heteroatoms. The minimum Gasteiger partial charge on any atom is -0.343 e. The van der Waals surface area contributed by atoms with E-state index in [4.69, 9.17) is 16.6 Å². The Hall–Kier alpha value is -0.350. The van der Waals surface area contributed by atoms with Crippen LogP contribution < -0.4 is 4.90 Å². The maximum Gasteiger partial charge on any atom is 0.205 e. The van der Waals surface area contributed by atoms with Gasteiger partial charge in [0.2, 0.25) is 5.13 Å². The molecule has 0 N–H and O–H groups in total. The van der Waals surface area contributed by atoms with Crippen molar-refractivity contribution < 1.29 is 0 Å². The Morgan fingerprint density at radius 3 is 2.65 bits per heavy atom. The van der Waals surface area contributed by atoms with Crippen molar-refractivity contribution in [1.29, 1.82) is 0 Å². The standard InChI is InChI=1S/C12H18ClN3S/c13-7-8-16(10-3-1-2-4-10)12-14-11(15-17-12)9-5-6-9/h9-10H,1-8H2. The number of rotatable bonds is 5. The molecule has 0 spiro atoms. The molecule has 17 heavy (non-hydrogen) atoms. The van der Waals surface area contributed by atoms with Crippen LogP contribution in [0.2, 0.25) is 0 Å². The fourth-order valence-electron chi connectivity index (χ4n) is 2.59. The summed E-state index contributed by atoms with van der Waals surface area (Å²) in [7, 11) is 0. The molecule has 1 heterocycles. The van der Waals surface area contributed by atoms with E-state index in [9.17, 15) is 0 Å². The average molecular weight is 272 g/mol. The van der Waals surface area contributed by atoms with E-state index >= 15 is 0 Å². The lowest BCUT2D eigenvalue weighted by Crippen LogP contribution is -2.34. The van der Waals surface area contributed by atoms with Gasteiger partial charge in [-0.1, -0.05) is 12.8 Å². The molecule has 0 unspecified atom stereocenters. The van der Waals surface area contributed by atoms with Gasteiger partial charge in [0.25, 0.3) is 0 Å². The average Bonchev–Trinajstić information content (AvgIpc) is 2.88. The second-order valence-corrected chi connectivity index (χ2v) is 6.14. The van der Waals surface area contributed by atoms with E-state index < -0.39 is 0 Å². The summed E-state index contributed by atoms with van der Waals surface area (Å²) in [6, 6.07) is 0.647. The molecule has 0 radical (unpaired) electrons. The highest BCUT2D eigenvalue weighted by Crippen LogP contribution is 2.40. The maximum absolute atomic E-state index is 5.92. The molecular formula is C12H18ClN3S. The summed E-state index contributed by atoms with van der Waals surface area (Å²) >= 11 is 7.48. The highest BCUT2D eigenvalue weighted by atomic mass is 35.5. The predicted octanol–water partition coefficient (Wildman–Crippen LogP) is 3.40. The summed E-state index contributed by atoms with van der Waals surface area (Å²) in [6.07, 6.45) is 7.81. The lowest BCUT2D eigenvalue weighted by molar-refractivity contribution is 0.619. The van der Waals surface area contributed by atoms with Crippen molar-refractivity contribution in [2.45, 2.75) is 50.5 Å². The lowest BCUT2D eigenvalue weighted by atomic mass is 10.2. The number of nitrogens with zero attached hydrogens (tertiary/aromatic N) is 3. The first-order valence-electron chi connectivity index (χ1n) is 6.54. The van der Waals surface area contributed by atoms with Crippen LogP contribution in [0.1, 0.15) is 50.3 Å².